The highest BCUT2D eigenvalue weighted by atomic mass is 32.2. The molecule has 0 aliphatic carbocycles. The number of ether oxygens (including phenoxy) is 1. The molecule has 3 N–H and O–H groups in total. The quantitative estimate of drug-likeness (QED) is 0.691. The van der Waals surface area contributed by atoms with Crippen LogP contribution < -0.4 is 14.8 Å². The van der Waals surface area contributed by atoms with Gasteiger partial charge in [-0.25, -0.2) is 9.52 Å². The van der Waals surface area contributed by atoms with Crippen LogP contribution in [0.2, 0.25) is 0 Å². The SMILES string of the molecule is O=C(NS(=O)(=O)NC1CNC1)OCc1ccccc1. The summed E-state index contributed by atoms with van der Waals surface area (Å²) >= 11 is 0. The molecule has 0 aromatic heterocycles. The van der Waals surface area contributed by atoms with E-state index < -0.39 is 16.3 Å². The molecule has 1 fully saturated rings. The lowest BCUT2D eigenvalue weighted by Crippen LogP contribution is -2.59. The molecule has 1 aromatic carbocycles. The number of hydrogen-bond donors (Lipinski definition) is 3. The van der Waals surface area contributed by atoms with Gasteiger partial charge in [-0.15, -0.1) is 0 Å². The first-order valence-corrected chi connectivity index (χ1v) is 7.25. The van der Waals surface area contributed by atoms with E-state index in [0.29, 0.717) is 13.1 Å². The molecule has 0 bridgehead atoms. The molecule has 1 saturated heterocycles. The Labute approximate surface area is 111 Å². The number of carbonyl (C=O) groups is 1. The van der Waals surface area contributed by atoms with E-state index in [-0.39, 0.29) is 12.6 Å². The molecule has 2 rings (SSSR count). The minimum atomic E-state index is -3.86. The normalized spacial score (nSPS) is 15.6. The van der Waals surface area contributed by atoms with Gasteiger partial charge in [-0.2, -0.15) is 13.1 Å². The summed E-state index contributed by atoms with van der Waals surface area (Å²) in [7, 11) is -3.86. The number of carbonyl (C=O) groups excluding carboxylic acids is 1. The summed E-state index contributed by atoms with van der Waals surface area (Å²) in [6.07, 6.45) is -0.997. The van der Waals surface area contributed by atoms with Crippen LogP contribution in [0.15, 0.2) is 30.3 Å². The lowest BCUT2D eigenvalue weighted by atomic mass is 10.2. The zero-order chi connectivity index (χ0) is 13.7. The van der Waals surface area contributed by atoms with Crippen LogP contribution in [0.25, 0.3) is 0 Å². The molecule has 0 unspecified atom stereocenters. The highest BCUT2D eigenvalue weighted by Gasteiger charge is 2.24. The van der Waals surface area contributed by atoms with Crippen LogP contribution in [0.3, 0.4) is 0 Å². The van der Waals surface area contributed by atoms with E-state index in [4.69, 9.17) is 4.74 Å². The topological polar surface area (TPSA) is 96.5 Å². The van der Waals surface area contributed by atoms with Crippen molar-refractivity contribution in [1.82, 2.24) is 14.8 Å². The van der Waals surface area contributed by atoms with E-state index in [1.54, 1.807) is 29.0 Å². The maximum Gasteiger partial charge on any atom is 0.422 e. The third-order valence-electron chi connectivity index (χ3n) is 2.53. The van der Waals surface area contributed by atoms with Crippen LogP contribution >= 0.6 is 0 Å². The number of hydrogen-bond acceptors (Lipinski definition) is 5. The summed E-state index contributed by atoms with van der Waals surface area (Å²) < 4.78 is 31.9. The van der Waals surface area contributed by atoms with Crippen molar-refractivity contribution in [3.63, 3.8) is 0 Å². The minimum Gasteiger partial charge on any atom is -0.444 e. The Bertz CT molecular complexity index is 528. The molecule has 1 aliphatic heterocycles. The Morgan fingerprint density at radius 2 is 2.00 bits per heavy atom. The number of benzene rings is 1. The molecule has 1 aromatic rings. The Balaban J connectivity index is 1.77. The van der Waals surface area contributed by atoms with Crippen molar-refractivity contribution in [2.75, 3.05) is 13.1 Å². The zero-order valence-corrected chi connectivity index (χ0v) is 10.9. The molecule has 0 saturated carbocycles. The Kier molecular flexibility index (Phi) is 4.35. The highest BCUT2D eigenvalue weighted by molar-refractivity contribution is 7.88. The van der Waals surface area contributed by atoms with Crippen LogP contribution in [0.4, 0.5) is 4.79 Å². The molecule has 0 radical (unpaired) electrons. The van der Waals surface area contributed by atoms with Gasteiger partial charge in [0.25, 0.3) is 0 Å². The molecule has 19 heavy (non-hydrogen) atoms. The first kappa shape index (κ1) is 13.8. The van der Waals surface area contributed by atoms with E-state index in [9.17, 15) is 13.2 Å². The largest absolute Gasteiger partial charge is 0.444 e. The summed E-state index contributed by atoms with van der Waals surface area (Å²) in [6.45, 7) is 1.13. The molecule has 1 aliphatic rings. The van der Waals surface area contributed by atoms with Gasteiger partial charge in [0.05, 0.1) is 0 Å². The third-order valence-corrected chi connectivity index (χ3v) is 3.61. The van der Waals surface area contributed by atoms with E-state index >= 15 is 0 Å². The monoisotopic (exact) mass is 285 g/mol. The van der Waals surface area contributed by atoms with Crippen molar-refractivity contribution >= 4 is 16.3 Å². The van der Waals surface area contributed by atoms with Crippen molar-refractivity contribution in [3.05, 3.63) is 35.9 Å². The van der Waals surface area contributed by atoms with Crippen LogP contribution in [-0.2, 0) is 21.6 Å². The second kappa shape index (κ2) is 6.00. The Morgan fingerprint density at radius 1 is 1.32 bits per heavy atom. The average Bonchev–Trinajstić information content (AvgIpc) is 2.32. The Morgan fingerprint density at radius 3 is 2.58 bits per heavy atom. The van der Waals surface area contributed by atoms with Crippen LogP contribution in [0.5, 0.6) is 0 Å². The molecule has 1 heterocycles. The van der Waals surface area contributed by atoms with E-state index in [1.807, 2.05) is 6.07 Å². The molecule has 7 nitrogen and oxygen atoms in total. The van der Waals surface area contributed by atoms with Gasteiger partial charge in [-0.3, -0.25) is 0 Å². The second-order valence-electron chi connectivity index (χ2n) is 4.14. The molecule has 1 amide bonds. The first-order chi connectivity index (χ1) is 9.05. The van der Waals surface area contributed by atoms with Crippen molar-refractivity contribution in [1.29, 1.82) is 0 Å². The van der Waals surface area contributed by atoms with Gasteiger partial charge in [0.15, 0.2) is 0 Å². The maximum atomic E-state index is 11.5. The smallest absolute Gasteiger partial charge is 0.422 e. The molecular formula is C11H15N3O4S. The molecule has 0 spiro atoms. The van der Waals surface area contributed by atoms with Crippen molar-refractivity contribution in [2.24, 2.45) is 0 Å². The predicted molar refractivity (Wildman–Crippen MR) is 68.5 cm³/mol. The van der Waals surface area contributed by atoms with Crippen LogP contribution in [-0.4, -0.2) is 33.6 Å². The molecule has 0 atom stereocenters. The lowest BCUT2D eigenvalue weighted by Gasteiger charge is -2.27. The maximum absolute atomic E-state index is 11.5. The van der Waals surface area contributed by atoms with E-state index in [2.05, 4.69) is 10.0 Å². The van der Waals surface area contributed by atoms with Gasteiger partial charge in [-0.05, 0) is 5.56 Å². The fraction of sp³-hybridized carbons (Fsp3) is 0.364. The Hall–Kier alpha value is -1.64. The molecule has 8 heteroatoms. The fourth-order valence-corrected chi connectivity index (χ4v) is 2.43. The van der Waals surface area contributed by atoms with Gasteiger partial charge < -0.3 is 10.1 Å². The lowest BCUT2D eigenvalue weighted by molar-refractivity contribution is 0.146. The number of amides is 1. The summed E-state index contributed by atoms with van der Waals surface area (Å²) in [5, 5.41) is 2.91. The van der Waals surface area contributed by atoms with Gasteiger partial charge in [-0.1, -0.05) is 30.3 Å². The predicted octanol–water partition coefficient (Wildman–Crippen LogP) is -0.281. The minimum absolute atomic E-state index is 0.0210. The summed E-state index contributed by atoms with van der Waals surface area (Å²) in [4.78, 5) is 11.4. The van der Waals surface area contributed by atoms with Gasteiger partial charge >= 0.3 is 16.3 Å². The summed E-state index contributed by atoms with van der Waals surface area (Å²) in [5.74, 6) is 0. The molecular weight excluding hydrogens is 270 g/mol. The zero-order valence-electron chi connectivity index (χ0n) is 10.1. The highest BCUT2D eigenvalue weighted by Crippen LogP contribution is 2.01. The first-order valence-electron chi connectivity index (χ1n) is 5.77. The molecule has 104 valence electrons. The summed E-state index contributed by atoms with van der Waals surface area (Å²) in [5.41, 5.74) is 0.784. The second-order valence-corrected chi connectivity index (χ2v) is 5.59. The van der Waals surface area contributed by atoms with Gasteiger partial charge in [0.1, 0.15) is 6.61 Å². The number of nitrogens with one attached hydrogen (secondary N) is 3. The van der Waals surface area contributed by atoms with E-state index in [1.165, 1.54) is 0 Å². The van der Waals surface area contributed by atoms with Crippen LogP contribution in [0.1, 0.15) is 5.56 Å². The van der Waals surface area contributed by atoms with Crippen molar-refractivity contribution in [2.45, 2.75) is 12.6 Å². The van der Waals surface area contributed by atoms with E-state index in [0.717, 1.165) is 5.56 Å². The van der Waals surface area contributed by atoms with Crippen LogP contribution in [0, 0.1) is 0 Å². The van der Waals surface area contributed by atoms with Crippen molar-refractivity contribution < 1.29 is 17.9 Å². The number of rotatable bonds is 5. The van der Waals surface area contributed by atoms with Crippen molar-refractivity contribution in [3.8, 4) is 0 Å². The fourth-order valence-electron chi connectivity index (χ4n) is 1.48. The standard InChI is InChI=1S/C11H15N3O4S/c15-11(18-8-9-4-2-1-3-5-9)14-19(16,17)13-10-6-12-7-10/h1-5,10,12-13H,6-8H2,(H,14,15). The van der Waals surface area contributed by atoms with Gasteiger partial charge in [0.2, 0.25) is 0 Å². The van der Waals surface area contributed by atoms with Gasteiger partial charge in [0, 0.05) is 19.1 Å². The summed E-state index contributed by atoms with van der Waals surface area (Å²) in [6, 6.07) is 8.82. The third kappa shape index (κ3) is 4.51. The average molecular weight is 285 g/mol.